The van der Waals surface area contributed by atoms with Gasteiger partial charge in [0, 0.05) is 12.6 Å². The van der Waals surface area contributed by atoms with Crippen LogP contribution in [0.5, 0.6) is 5.75 Å². The maximum atomic E-state index is 6.09. The highest BCUT2D eigenvalue weighted by Gasteiger charge is 2.07. The second-order valence-corrected chi connectivity index (χ2v) is 4.27. The summed E-state index contributed by atoms with van der Waals surface area (Å²) in [5.41, 5.74) is 2.74. The van der Waals surface area contributed by atoms with Crippen LogP contribution in [-0.4, -0.2) is 24.4 Å². The highest BCUT2D eigenvalue weighted by Crippen LogP contribution is 2.29. The average molecular weight is 264 g/mol. The van der Waals surface area contributed by atoms with Crippen LogP contribution in [0.4, 0.5) is 5.82 Å². The van der Waals surface area contributed by atoms with Crippen molar-refractivity contribution in [3.8, 4) is 17.0 Å². The molecule has 0 aliphatic rings. The van der Waals surface area contributed by atoms with Crippen LogP contribution in [0.1, 0.15) is 5.56 Å². The molecule has 0 radical (unpaired) electrons. The number of hydrogen-bond donors (Lipinski definition) is 1. The lowest BCUT2D eigenvalue weighted by molar-refractivity contribution is 0.415. The number of methoxy groups -OCH3 is 1. The van der Waals surface area contributed by atoms with Gasteiger partial charge in [-0.15, -0.1) is 10.2 Å². The van der Waals surface area contributed by atoms with Crippen LogP contribution < -0.4 is 10.1 Å². The Morgan fingerprint density at radius 3 is 2.56 bits per heavy atom. The first-order chi connectivity index (χ1) is 8.65. The molecule has 18 heavy (non-hydrogen) atoms. The van der Waals surface area contributed by atoms with E-state index in [4.69, 9.17) is 16.3 Å². The van der Waals surface area contributed by atoms with Crippen molar-refractivity contribution >= 4 is 17.4 Å². The van der Waals surface area contributed by atoms with Crippen LogP contribution in [0.3, 0.4) is 0 Å². The molecule has 0 saturated heterocycles. The van der Waals surface area contributed by atoms with Crippen LogP contribution in [0.25, 0.3) is 11.3 Å². The van der Waals surface area contributed by atoms with Gasteiger partial charge in [0.25, 0.3) is 0 Å². The Morgan fingerprint density at radius 1 is 1.22 bits per heavy atom. The molecule has 0 fully saturated rings. The summed E-state index contributed by atoms with van der Waals surface area (Å²) in [7, 11) is 3.41. The van der Waals surface area contributed by atoms with Gasteiger partial charge in [-0.2, -0.15) is 0 Å². The van der Waals surface area contributed by atoms with E-state index in [2.05, 4.69) is 15.5 Å². The molecular formula is C13H14ClN3O. The van der Waals surface area contributed by atoms with Crippen molar-refractivity contribution in [3.63, 3.8) is 0 Å². The summed E-state index contributed by atoms with van der Waals surface area (Å²) in [6.07, 6.45) is 0. The van der Waals surface area contributed by atoms with Gasteiger partial charge in [0.15, 0.2) is 5.82 Å². The lowest BCUT2D eigenvalue weighted by Crippen LogP contribution is -1.99. The second kappa shape index (κ2) is 5.23. The SMILES string of the molecule is CNc1nnc(-c2ccc(OC)c(Cl)c2)cc1C. The Morgan fingerprint density at radius 2 is 2.00 bits per heavy atom. The molecule has 0 bridgehead atoms. The zero-order valence-corrected chi connectivity index (χ0v) is 11.2. The van der Waals surface area contributed by atoms with Gasteiger partial charge in [0.05, 0.1) is 17.8 Å². The Bertz CT molecular complexity index is 521. The van der Waals surface area contributed by atoms with Crippen LogP contribution in [-0.2, 0) is 0 Å². The first kappa shape index (κ1) is 12.6. The van der Waals surface area contributed by atoms with Gasteiger partial charge in [0.1, 0.15) is 5.75 Å². The van der Waals surface area contributed by atoms with Crippen molar-refractivity contribution in [2.45, 2.75) is 6.92 Å². The fourth-order valence-electron chi connectivity index (χ4n) is 1.70. The minimum Gasteiger partial charge on any atom is -0.495 e. The molecule has 0 aliphatic carbocycles. The van der Waals surface area contributed by atoms with Gasteiger partial charge in [-0.05, 0) is 36.8 Å². The first-order valence-electron chi connectivity index (χ1n) is 5.51. The number of nitrogens with one attached hydrogen (secondary N) is 1. The molecule has 2 aromatic rings. The molecule has 0 atom stereocenters. The van der Waals surface area contributed by atoms with E-state index in [-0.39, 0.29) is 0 Å². The molecule has 2 rings (SSSR count). The number of aryl methyl sites for hydroxylation is 1. The third-order valence-electron chi connectivity index (χ3n) is 2.67. The van der Waals surface area contributed by atoms with Gasteiger partial charge in [0.2, 0.25) is 0 Å². The largest absolute Gasteiger partial charge is 0.495 e. The van der Waals surface area contributed by atoms with E-state index in [0.29, 0.717) is 10.8 Å². The van der Waals surface area contributed by atoms with Crippen LogP contribution in [0.2, 0.25) is 5.02 Å². The molecule has 94 valence electrons. The summed E-state index contributed by atoms with van der Waals surface area (Å²) >= 11 is 6.09. The van der Waals surface area contributed by atoms with Crippen molar-refractivity contribution in [3.05, 3.63) is 34.9 Å². The third kappa shape index (κ3) is 2.38. The number of ether oxygens (including phenoxy) is 1. The predicted octanol–water partition coefficient (Wildman–Crippen LogP) is 3.16. The van der Waals surface area contributed by atoms with Gasteiger partial charge in [-0.3, -0.25) is 0 Å². The number of hydrogen-bond acceptors (Lipinski definition) is 4. The quantitative estimate of drug-likeness (QED) is 0.924. The molecule has 0 saturated carbocycles. The van der Waals surface area contributed by atoms with E-state index in [1.54, 1.807) is 7.11 Å². The lowest BCUT2D eigenvalue weighted by atomic mass is 10.1. The Balaban J connectivity index is 2.42. The predicted molar refractivity (Wildman–Crippen MR) is 73.3 cm³/mol. The summed E-state index contributed by atoms with van der Waals surface area (Å²) < 4.78 is 5.12. The highest BCUT2D eigenvalue weighted by molar-refractivity contribution is 6.32. The molecule has 1 N–H and O–H groups in total. The minimum atomic E-state index is 0.562. The summed E-state index contributed by atoms with van der Waals surface area (Å²) in [5, 5.41) is 11.8. The molecule has 1 aromatic heterocycles. The fourth-order valence-corrected chi connectivity index (χ4v) is 1.96. The fraction of sp³-hybridized carbons (Fsp3) is 0.231. The number of anilines is 1. The molecule has 0 spiro atoms. The van der Waals surface area contributed by atoms with Crippen LogP contribution >= 0.6 is 11.6 Å². The van der Waals surface area contributed by atoms with Gasteiger partial charge in [-0.1, -0.05) is 11.6 Å². The monoisotopic (exact) mass is 263 g/mol. The van der Waals surface area contributed by atoms with E-state index >= 15 is 0 Å². The summed E-state index contributed by atoms with van der Waals surface area (Å²) in [4.78, 5) is 0. The van der Waals surface area contributed by atoms with Crippen molar-refractivity contribution in [2.75, 3.05) is 19.5 Å². The number of aromatic nitrogens is 2. The van der Waals surface area contributed by atoms with Crippen molar-refractivity contribution in [2.24, 2.45) is 0 Å². The van der Waals surface area contributed by atoms with Gasteiger partial charge < -0.3 is 10.1 Å². The number of benzene rings is 1. The topological polar surface area (TPSA) is 47.0 Å². The Hall–Kier alpha value is -1.81. The second-order valence-electron chi connectivity index (χ2n) is 3.86. The van der Waals surface area contributed by atoms with E-state index < -0.39 is 0 Å². The van der Waals surface area contributed by atoms with E-state index in [9.17, 15) is 0 Å². The molecule has 0 amide bonds. The van der Waals surface area contributed by atoms with Gasteiger partial charge in [-0.25, -0.2) is 0 Å². The smallest absolute Gasteiger partial charge is 0.151 e. The maximum absolute atomic E-state index is 6.09. The minimum absolute atomic E-state index is 0.562. The van der Waals surface area contributed by atoms with Crippen molar-refractivity contribution in [1.29, 1.82) is 0 Å². The highest BCUT2D eigenvalue weighted by atomic mass is 35.5. The molecule has 5 heteroatoms. The molecule has 1 aromatic carbocycles. The normalized spacial score (nSPS) is 10.2. The van der Waals surface area contributed by atoms with Crippen LogP contribution in [0, 0.1) is 6.92 Å². The van der Waals surface area contributed by atoms with E-state index in [1.165, 1.54) is 0 Å². The summed E-state index contributed by atoms with van der Waals surface area (Å²) in [6.45, 7) is 1.98. The summed E-state index contributed by atoms with van der Waals surface area (Å²) in [6, 6.07) is 7.52. The van der Waals surface area contributed by atoms with Gasteiger partial charge >= 0.3 is 0 Å². The lowest BCUT2D eigenvalue weighted by Gasteiger charge is -2.07. The Labute approximate surface area is 111 Å². The zero-order valence-electron chi connectivity index (χ0n) is 10.5. The summed E-state index contributed by atoms with van der Waals surface area (Å²) in [5.74, 6) is 1.43. The number of nitrogens with zero attached hydrogens (tertiary/aromatic N) is 2. The van der Waals surface area contributed by atoms with E-state index in [1.807, 2.05) is 38.2 Å². The molecule has 0 aliphatic heterocycles. The molecule has 1 heterocycles. The molecule has 4 nitrogen and oxygen atoms in total. The first-order valence-corrected chi connectivity index (χ1v) is 5.89. The number of rotatable bonds is 3. The molecule has 0 unspecified atom stereocenters. The van der Waals surface area contributed by atoms with E-state index in [0.717, 1.165) is 22.6 Å². The maximum Gasteiger partial charge on any atom is 0.151 e. The van der Waals surface area contributed by atoms with Crippen molar-refractivity contribution < 1.29 is 4.74 Å². The Kier molecular flexibility index (Phi) is 3.67. The molecular weight excluding hydrogens is 250 g/mol. The third-order valence-corrected chi connectivity index (χ3v) is 2.96. The number of halogens is 1. The van der Waals surface area contributed by atoms with Crippen molar-refractivity contribution in [1.82, 2.24) is 10.2 Å². The average Bonchev–Trinajstić information content (AvgIpc) is 2.38. The van der Waals surface area contributed by atoms with Crippen LogP contribution in [0.15, 0.2) is 24.3 Å². The standard InChI is InChI=1S/C13H14ClN3O/c1-8-6-11(16-17-13(8)15-2)9-4-5-12(18-3)10(14)7-9/h4-7H,1-3H3,(H,15,17). The zero-order chi connectivity index (χ0) is 13.1.